The summed E-state index contributed by atoms with van der Waals surface area (Å²) in [7, 11) is 1.93. The van der Waals surface area contributed by atoms with E-state index in [2.05, 4.69) is 47.1 Å². The van der Waals surface area contributed by atoms with Gasteiger partial charge in [-0.15, -0.1) is 0 Å². The molecule has 25 heavy (non-hydrogen) atoms. The zero-order valence-electron chi connectivity index (χ0n) is 15.9. The van der Waals surface area contributed by atoms with Crippen LogP contribution in [0.4, 0.5) is 0 Å². The number of amides is 1. The van der Waals surface area contributed by atoms with Crippen molar-refractivity contribution in [2.45, 2.75) is 45.2 Å². The van der Waals surface area contributed by atoms with Gasteiger partial charge in [0, 0.05) is 32.7 Å². The molecule has 1 aromatic rings. The molecule has 0 unspecified atom stereocenters. The van der Waals surface area contributed by atoms with E-state index in [0.717, 1.165) is 32.5 Å². The van der Waals surface area contributed by atoms with E-state index in [1.54, 1.807) is 0 Å². The first-order chi connectivity index (χ1) is 12.2. The van der Waals surface area contributed by atoms with Crippen LogP contribution in [0.2, 0.25) is 0 Å². The number of carbonyl (C=O) groups is 1. The molecule has 0 aliphatic carbocycles. The molecule has 1 aromatic carbocycles. The van der Waals surface area contributed by atoms with Crippen molar-refractivity contribution in [3.63, 3.8) is 0 Å². The summed E-state index contributed by atoms with van der Waals surface area (Å²) < 4.78 is 0. The molecule has 1 amide bonds. The summed E-state index contributed by atoms with van der Waals surface area (Å²) in [4.78, 5) is 19.6. The summed E-state index contributed by atoms with van der Waals surface area (Å²) in [5.74, 6) is 0.551. The van der Waals surface area contributed by atoms with Crippen LogP contribution in [0.25, 0.3) is 0 Å². The molecule has 0 spiro atoms. The summed E-state index contributed by atoms with van der Waals surface area (Å²) in [5.41, 5.74) is 1.41. The van der Waals surface area contributed by atoms with Crippen LogP contribution in [0, 0.1) is 5.92 Å². The smallest absolute Gasteiger partial charge is 0.226 e. The van der Waals surface area contributed by atoms with Crippen molar-refractivity contribution < 1.29 is 4.79 Å². The fourth-order valence-electron chi connectivity index (χ4n) is 4.29. The van der Waals surface area contributed by atoms with Gasteiger partial charge in [0.15, 0.2) is 0 Å². The summed E-state index contributed by atoms with van der Waals surface area (Å²) in [6.45, 7) is 8.41. The lowest BCUT2D eigenvalue weighted by molar-refractivity contribution is -0.136. The van der Waals surface area contributed by atoms with Crippen LogP contribution in [0.15, 0.2) is 30.3 Å². The fraction of sp³-hybridized carbons (Fsp3) is 0.667. The fourth-order valence-corrected chi connectivity index (χ4v) is 4.29. The molecule has 0 N–H and O–H groups in total. The number of rotatable bonds is 5. The lowest BCUT2D eigenvalue weighted by Gasteiger charge is -2.42. The second kappa shape index (κ2) is 8.81. The molecule has 2 aliphatic heterocycles. The summed E-state index contributed by atoms with van der Waals surface area (Å²) in [5, 5.41) is 0. The van der Waals surface area contributed by atoms with Crippen LogP contribution in [0.3, 0.4) is 0 Å². The summed E-state index contributed by atoms with van der Waals surface area (Å²) in [6, 6.07) is 11.4. The largest absolute Gasteiger partial charge is 0.346 e. The molecule has 4 heteroatoms. The van der Waals surface area contributed by atoms with Gasteiger partial charge in [0.1, 0.15) is 0 Å². The van der Waals surface area contributed by atoms with Crippen LogP contribution >= 0.6 is 0 Å². The Hall–Kier alpha value is -1.39. The Labute approximate surface area is 152 Å². The molecule has 0 aromatic heterocycles. The predicted molar refractivity (Wildman–Crippen MR) is 102 cm³/mol. The highest BCUT2D eigenvalue weighted by Crippen LogP contribution is 2.25. The molecule has 2 aliphatic rings. The summed E-state index contributed by atoms with van der Waals surface area (Å²) in [6.07, 6.45) is 4.69. The number of piperidine rings is 2. The third-order valence-corrected chi connectivity index (χ3v) is 5.98. The third kappa shape index (κ3) is 4.83. The van der Waals surface area contributed by atoms with Crippen LogP contribution in [0.1, 0.15) is 38.2 Å². The van der Waals surface area contributed by atoms with E-state index in [1.165, 1.54) is 38.0 Å². The number of hydrogen-bond donors (Lipinski definition) is 0. The molecule has 4 nitrogen and oxygen atoms in total. The zero-order chi connectivity index (χ0) is 17.6. The van der Waals surface area contributed by atoms with Crippen molar-refractivity contribution in [3.05, 3.63) is 35.9 Å². The lowest BCUT2D eigenvalue weighted by Crippen LogP contribution is -2.50. The SMILES string of the molecule is CCN(C)C(=O)[C@H]1CCCN(C2CCN(Cc3ccccc3)CC2)C1. The molecule has 2 saturated heterocycles. The highest BCUT2D eigenvalue weighted by molar-refractivity contribution is 5.78. The summed E-state index contributed by atoms with van der Waals surface area (Å²) >= 11 is 0. The van der Waals surface area contributed by atoms with Crippen LogP contribution in [0.5, 0.6) is 0 Å². The normalized spacial score (nSPS) is 23.5. The molecule has 3 rings (SSSR count). The van der Waals surface area contributed by atoms with Crippen molar-refractivity contribution in [1.29, 1.82) is 0 Å². The number of carbonyl (C=O) groups excluding carboxylic acids is 1. The Morgan fingerprint density at radius 1 is 1.12 bits per heavy atom. The molecule has 2 heterocycles. The predicted octanol–water partition coefficient (Wildman–Crippen LogP) is 2.84. The number of likely N-dealkylation sites (tertiary alicyclic amines) is 2. The highest BCUT2D eigenvalue weighted by Gasteiger charge is 2.32. The Morgan fingerprint density at radius 3 is 2.52 bits per heavy atom. The van der Waals surface area contributed by atoms with E-state index in [4.69, 9.17) is 0 Å². The van der Waals surface area contributed by atoms with Gasteiger partial charge in [-0.25, -0.2) is 0 Å². The maximum Gasteiger partial charge on any atom is 0.226 e. The van der Waals surface area contributed by atoms with Gasteiger partial charge in [-0.3, -0.25) is 14.6 Å². The van der Waals surface area contributed by atoms with E-state index in [9.17, 15) is 4.79 Å². The van der Waals surface area contributed by atoms with Crippen LogP contribution < -0.4 is 0 Å². The highest BCUT2D eigenvalue weighted by atomic mass is 16.2. The van der Waals surface area contributed by atoms with Crippen molar-refractivity contribution >= 4 is 5.91 Å². The number of nitrogens with zero attached hydrogens (tertiary/aromatic N) is 3. The van der Waals surface area contributed by atoms with Gasteiger partial charge in [-0.1, -0.05) is 30.3 Å². The maximum absolute atomic E-state index is 12.5. The molecule has 2 fully saturated rings. The van der Waals surface area contributed by atoms with Gasteiger partial charge >= 0.3 is 0 Å². The lowest BCUT2D eigenvalue weighted by atomic mass is 9.93. The molecule has 0 radical (unpaired) electrons. The van der Waals surface area contributed by atoms with Crippen molar-refractivity contribution in [1.82, 2.24) is 14.7 Å². The standard InChI is InChI=1S/C21H33N3O/c1-3-22(2)21(25)19-10-7-13-24(17-19)20-11-14-23(15-12-20)16-18-8-5-4-6-9-18/h4-6,8-9,19-20H,3,7,10-17H2,1-2H3/t19-/m0/s1. The van der Waals surface area contributed by atoms with Gasteiger partial charge in [-0.05, 0) is 57.8 Å². The molecule has 1 atom stereocenters. The van der Waals surface area contributed by atoms with E-state index in [0.29, 0.717) is 11.9 Å². The third-order valence-electron chi connectivity index (χ3n) is 5.98. The molecule has 0 saturated carbocycles. The minimum absolute atomic E-state index is 0.209. The van der Waals surface area contributed by atoms with E-state index >= 15 is 0 Å². The minimum atomic E-state index is 0.209. The van der Waals surface area contributed by atoms with Crippen LogP contribution in [-0.4, -0.2) is 66.4 Å². The van der Waals surface area contributed by atoms with Gasteiger partial charge < -0.3 is 4.90 Å². The van der Waals surface area contributed by atoms with Gasteiger partial charge in [0.2, 0.25) is 5.91 Å². The van der Waals surface area contributed by atoms with Gasteiger partial charge in [0.25, 0.3) is 0 Å². The van der Waals surface area contributed by atoms with Gasteiger partial charge in [-0.2, -0.15) is 0 Å². The monoisotopic (exact) mass is 343 g/mol. The molecule has 0 bridgehead atoms. The van der Waals surface area contributed by atoms with Crippen molar-refractivity contribution in [3.8, 4) is 0 Å². The maximum atomic E-state index is 12.5. The minimum Gasteiger partial charge on any atom is -0.346 e. The average molecular weight is 344 g/mol. The quantitative estimate of drug-likeness (QED) is 0.822. The van der Waals surface area contributed by atoms with Crippen molar-refractivity contribution in [2.75, 3.05) is 39.8 Å². The van der Waals surface area contributed by atoms with Crippen LogP contribution in [-0.2, 0) is 11.3 Å². The second-order valence-corrected chi connectivity index (χ2v) is 7.68. The number of benzene rings is 1. The van der Waals surface area contributed by atoms with Gasteiger partial charge in [0.05, 0.1) is 5.92 Å². The van der Waals surface area contributed by atoms with E-state index in [1.807, 2.05) is 11.9 Å². The Balaban J connectivity index is 1.48. The second-order valence-electron chi connectivity index (χ2n) is 7.68. The van der Waals surface area contributed by atoms with Crippen molar-refractivity contribution in [2.24, 2.45) is 5.92 Å². The van der Waals surface area contributed by atoms with E-state index < -0.39 is 0 Å². The molecular weight excluding hydrogens is 310 g/mol. The first-order valence-corrected chi connectivity index (χ1v) is 9.92. The van der Waals surface area contributed by atoms with E-state index in [-0.39, 0.29) is 5.92 Å². The Kier molecular flexibility index (Phi) is 6.49. The first kappa shape index (κ1) is 18.4. The zero-order valence-corrected chi connectivity index (χ0v) is 15.9. The Morgan fingerprint density at radius 2 is 1.84 bits per heavy atom. The first-order valence-electron chi connectivity index (χ1n) is 9.92. The topological polar surface area (TPSA) is 26.8 Å². The molecule has 138 valence electrons. The Bertz CT molecular complexity index is 539. The average Bonchev–Trinajstić information content (AvgIpc) is 2.68. The number of hydrogen-bond acceptors (Lipinski definition) is 3. The molecular formula is C21H33N3O.